The third-order valence-corrected chi connectivity index (χ3v) is 4.69. The second-order valence-electron chi connectivity index (χ2n) is 4.35. The molecular formula is C10H19NS. The van der Waals surface area contributed by atoms with E-state index < -0.39 is 0 Å². The lowest BCUT2D eigenvalue weighted by atomic mass is 9.73. The maximum atomic E-state index is 6.45. The Morgan fingerprint density at radius 1 is 1.17 bits per heavy atom. The van der Waals surface area contributed by atoms with Gasteiger partial charge in [-0.25, -0.2) is 0 Å². The molecule has 1 unspecified atom stereocenters. The van der Waals surface area contributed by atoms with Crippen molar-refractivity contribution in [3.05, 3.63) is 0 Å². The smallest absolute Gasteiger partial charge is 0.0191 e. The molecule has 2 rings (SSSR count). The Morgan fingerprint density at radius 2 is 1.92 bits per heavy atom. The van der Waals surface area contributed by atoms with Gasteiger partial charge in [-0.3, -0.25) is 0 Å². The maximum Gasteiger partial charge on any atom is 0.0191 e. The molecule has 0 aromatic rings. The highest BCUT2D eigenvalue weighted by molar-refractivity contribution is 7.99. The summed E-state index contributed by atoms with van der Waals surface area (Å²) in [5.41, 5.74) is 6.69. The summed E-state index contributed by atoms with van der Waals surface area (Å²) in [4.78, 5) is 0. The van der Waals surface area contributed by atoms with Gasteiger partial charge in [0.15, 0.2) is 0 Å². The monoisotopic (exact) mass is 185 g/mol. The molecule has 2 heteroatoms. The van der Waals surface area contributed by atoms with Gasteiger partial charge in [0.05, 0.1) is 0 Å². The first-order valence-electron chi connectivity index (χ1n) is 5.18. The van der Waals surface area contributed by atoms with Crippen molar-refractivity contribution in [2.75, 3.05) is 11.5 Å². The third-order valence-electron chi connectivity index (χ3n) is 3.53. The van der Waals surface area contributed by atoms with Crippen LogP contribution in [0.1, 0.15) is 38.5 Å². The second kappa shape index (κ2) is 3.59. The predicted molar refractivity (Wildman–Crippen MR) is 55.4 cm³/mol. The summed E-state index contributed by atoms with van der Waals surface area (Å²) in [5, 5.41) is 0. The highest BCUT2D eigenvalue weighted by atomic mass is 32.2. The van der Waals surface area contributed by atoms with Crippen molar-refractivity contribution >= 4 is 11.8 Å². The van der Waals surface area contributed by atoms with Crippen LogP contribution in [0.25, 0.3) is 0 Å². The normalized spacial score (nSPS) is 35.2. The molecule has 0 radical (unpaired) electrons. The van der Waals surface area contributed by atoms with E-state index in [0.29, 0.717) is 0 Å². The molecule has 12 heavy (non-hydrogen) atoms. The Bertz CT molecular complexity index is 146. The van der Waals surface area contributed by atoms with E-state index in [9.17, 15) is 0 Å². The lowest BCUT2D eigenvalue weighted by Crippen LogP contribution is -2.48. The molecule has 1 atom stereocenters. The van der Waals surface area contributed by atoms with E-state index in [0.717, 1.165) is 5.92 Å². The summed E-state index contributed by atoms with van der Waals surface area (Å²) in [7, 11) is 0. The molecule has 2 N–H and O–H groups in total. The molecule has 0 aromatic heterocycles. The van der Waals surface area contributed by atoms with Crippen molar-refractivity contribution < 1.29 is 0 Å². The summed E-state index contributed by atoms with van der Waals surface area (Å²) >= 11 is 2.09. The molecule has 1 heterocycles. The van der Waals surface area contributed by atoms with Gasteiger partial charge in [0.1, 0.15) is 0 Å². The van der Waals surface area contributed by atoms with Crippen molar-refractivity contribution in [1.29, 1.82) is 0 Å². The minimum Gasteiger partial charge on any atom is -0.325 e. The lowest BCUT2D eigenvalue weighted by molar-refractivity contribution is 0.213. The molecule has 1 saturated heterocycles. The van der Waals surface area contributed by atoms with Gasteiger partial charge in [0.2, 0.25) is 0 Å². The van der Waals surface area contributed by atoms with Crippen LogP contribution in [0, 0.1) is 5.92 Å². The minimum atomic E-state index is 0.238. The topological polar surface area (TPSA) is 26.0 Å². The van der Waals surface area contributed by atoms with Gasteiger partial charge in [-0.15, -0.1) is 0 Å². The molecule has 2 aliphatic rings. The van der Waals surface area contributed by atoms with E-state index >= 15 is 0 Å². The van der Waals surface area contributed by atoms with Crippen LogP contribution < -0.4 is 5.73 Å². The Hall–Kier alpha value is 0.310. The molecule has 70 valence electrons. The van der Waals surface area contributed by atoms with Crippen LogP contribution in [0.3, 0.4) is 0 Å². The van der Waals surface area contributed by atoms with Gasteiger partial charge in [0, 0.05) is 5.54 Å². The fourth-order valence-corrected chi connectivity index (χ4v) is 4.01. The Kier molecular flexibility index (Phi) is 2.66. The number of hydrogen-bond donors (Lipinski definition) is 1. The number of hydrogen-bond acceptors (Lipinski definition) is 2. The Morgan fingerprint density at radius 3 is 2.50 bits per heavy atom. The van der Waals surface area contributed by atoms with Gasteiger partial charge in [-0.1, -0.05) is 19.3 Å². The molecule has 1 saturated carbocycles. The van der Waals surface area contributed by atoms with E-state index in [4.69, 9.17) is 5.73 Å². The molecule has 0 bridgehead atoms. The van der Waals surface area contributed by atoms with Crippen LogP contribution >= 0.6 is 11.8 Å². The lowest BCUT2D eigenvalue weighted by Gasteiger charge is -2.38. The number of nitrogens with two attached hydrogens (primary N) is 1. The van der Waals surface area contributed by atoms with E-state index in [1.165, 1.54) is 50.0 Å². The number of rotatable bonds is 1. The molecule has 0 spiro atoms. The molecule has 1 aliphatic carbocycles. The van der Waals surface area contributed by atoms with Gasteiger partial charge in [-0.2, -0.15) is 11.8 Å². The van der Waals surface area contributed by atoms with Crippen molar-refractivity contribution in [3.63, 3.8) is 0 Å². The van der Waals surface area contributed by atoms with Crippen molar-refractivity contribution in [2.45, 2.75) is 44.1 Å². The molecule has 2 fully saturated rings. The second-order valence-corrected chi connectivity index (χ2v) is 5.50. The van der Waals surface area contributed by atoms with Crippen molar-refractivity contribution in [2.24, 2.45) is 11.7 Å². The van der Waals surface area contributed by atoms with E-state index in [-0.39, 0.29) is 5.54 Å². The first kappa shape index (κ1) is 8.89. The van der Waals surface area contributed by atoms with Crippen LogP contribution in [0.4, 0.5) is 0 Å². The molecule has 0 amide bonds. The zero-order chi connectivity index (χ0) is 8.44. The minimum absolute atomic E-state index is 0.238. The predicted octanol–water partition coefficient (Wildman–Crippen LogP) is 2.40. The number of thioether (sulfide) groups is 1. The molecule has 0 aromatic carbocycles. The summed E-state index contributed by atoms with van der Waals surface area (Å²) in [5.74, 6) is 3.52. The van der Waals surface area contributed by atoms with E-state index in [1.807, 2.05) is 0 Å². The summed E-state index contributed by atoms with van der Waals surface area (Å²) in [6.07, 6.45) is 8.12. The third kappa shape index (κ3) is 1.64. The van der Waals surface area contributed by atoms with Crippen LogP contribution in [0.5, 0.6) is 0 Å². The van der Waals surface area contributed by atoms with Crippen molar-refractivity contribution in [1.82, 2.24) is 0 Å². The van der Waals surface area contributed by atoms with Crippen LogP contribution in [-0.4, -0.2) is 17.0 Å². The summed E-state index contributed by atoms with van der Waals surface area (Å²) < 4.78 is 0. The zero-order valence-electron chi connectivity index (χ0n) is 7.72. The largest absolute Gasteiger partial charge is 0.325 e. The zero-order valence-corrected chi connectivity index (χ0v) is 8.54. The van der Waals surface area contributed by atoms with Crippen LogP contribution in [-0.2, 0) is 0 Å². The quantitative estimate of drug-likeness (QED) is 0.679. The average molecular weight is 185 g/mol. The molecular weight excluding hydrogens is 166 g/mol. The fraction of sp³-hybridized carbons (Fsp3) is 1.00. The molecule has 1 nitrogen and oxygen atoms in total. The van der Waals surface area contributed by atoms with Crippen LogP contribution in [0.2, 0.25) is 0 Å². The van der Waals surface area contributed by atoms with Crippen molar-refractivity contribution in [3.8, 4) is 0 Å². The van der Waals surface area contributed by atoms with Crippen LogP contribution in [0.15, 0.2) is 0 Å². The fourth-order valence-electron chi connectivity index (χ4n) is 2.61. The first-order chi connectivity index (χ1) is 5.81. The molecule has 1 aliphatic heterocycles. The summed E-state index contributed by atoms with van der Waals surface area (Å²) in [6.45, 7) is 0. The van der Waals surface area contributed by atoms with Gasteiger partial charge in [-0.05, 0) is 36.7 Å². The van der Waals surface area contributed by atoms with Gasteiger partial charge in [0.25, 0.3) is 0 Å². The Balaban J connectivity index is 1.97. The highest BCUT2D eigenvalue weighted by Gasteiger charge is 2.37. The van der Waals surface area contributed by atoms with E-state index in [2.05, 4.69) is 11.8 Å². The SMILES string of the molecule is NC1(C2CCSC2)CCCCC1. The first-order valence-corrected chi connectivity index (χ1v) is 6.33. The highest BCUT2D eigenvalue weighted by Crippen LogP contribution is 2.39. The summed E-state index contributed by atoms with van der Waals surface area (Å²) in [6, 6.07) is 0. The Labute approximate surface area is 79.5 Å². The maximum absolute atomic E-state index is 6.45. The van der Waals surface area contributed by atoms with Gasteiger partial charge >= 0.3 is 0 Å². The average Bonchev–Trinajstić information content (AvgIpc) is 2.58. The standard InChI is InChI=1S/C10H19NS/c11-10(5-2-1-3-6-10)9-4-7-12-8-9/h9H,1-8,11H2. The van der Waals surface area contributed by atoms with E-state index in [1.54, 1.807) is 0 Å². The van der Waals surface area contributed by atoms with Gasteiger partial charge < -0.3 is 5.73 Å².